The topological polar surface area (TPSA) is 64.1 Å². The van der Waals surface area contributed by atoms with Crippen LogP contribution in [0, 0.1) is 0 Å². The first-order valence-corrected chi connectivity index (χ1v) is 9.68. The number of rotatable bonds is 1. The average molecular weight is 512 g/mol. The molecule has 122 valence electrons. The van der Waals surface area contributed by atoms with E-state index in [0.29, 0.717) is 18.4 Å². The molecule has 0 atom stereocenters. The second kappa shape index (κ2) is 8.79. The normalized spacial score (nSPS) is 10.7. The zero-order chi connectivity index (χ0) is 16.9. The Morgan fingerprint density at radius 1 is 1.27 bits per heavy atom. The van der Waals surface area contributed by atoms with Crippen LogP contribution < -0.4 is 5.32 Å². The first-order valence-electron chi connectivity index (χ1n) is 5.65. The summed E-state index contributed by atoms with van der Waals surface area (Å²) in [5, 5.41) is 2.90. The molecule has 0 radical (unpaired) electrons. The fourth-order valence-corrected chi connectivity index (χ4v) is 3.40. The van der Waals surface area contributed by atoms with Gasteiger partial charge in [0.15, 0.2) is 5.13 Å². The molecule has 0 aliphatic carbocycles. The molecule has 11 heteroatoms. The SMILES string of the molecule is CC(C)(C)OC(=O)Nc1nc(Br)c(Cl)s1.Clc1scnc1Br. The molecule has 0 aliphatic rings. The van der Waals surface area contributed by atoms with Crippen LogP contribution in [0.15, 0.2) is 14.7 Å². The van der Waals surface area contributed by atoms with Gasteiger partial charge in [0.1, 0.15) is 23.5 Å². The number of nitrogens with zero attached hydrogens (tertiary/aromatic N) is 2. The summed E-state index contributed by atoms with van der Waals surface area (Å²) in [5.41, 5.74) is 1.16. The number of ether oxygens (including phenoxy) is 1. The van der Waals surface area contributed by atoms with Gasteiger partial charge >= 0.3 is 6.09 Å². The van der Waals surface area contributed by atoms with E-state index in [1.165, 1.54) is 11.3 Å². The van der Waals surface area contributed by atoms with Gasteiger partial charge in [0.2, 0.25) is 0 Å². The Labute approximate surface area is 162 Å². The largest absolute Gasteiger partial charge is 0.444 e. The summed E-state index contributed by atoms with van der Waals surface area (Å²) in [6.07, 6.45) is -0.541. The second-order valence-corrected chi connectivity index (χ2v) is 9.19. The molecule has 2 aromatic heterocycles. The predicted octanol–water partition coefficient (Wildman–Crippen LogP) is 6.47. The molecule has 2 aromatic rings. The zero-order valence-electron chi connectivity index (χ0n) is 11.6. The van der Waals surface area contributed by atoms with Gasteiger partial charge in [-0.1, -0.05) is 34.5 Å². The number of anilines is 1. The van der Waals surface area contributed by atoms with Gasteiger partial charge in [-0.3, -0.25) is 5.32 Å². The third-order valence-electron chi connectivity index (χ3n) is 1.64. The first kappa shape index (κ1) is 20.1. The number of thiazole rings is 2. The third-order valence-corrected chi connectivity index (χ3v) is 6.02. The Morgan fingerprint density at radius 2 is 1.91 bits per heavy atom. The van der Waals surface area contributed by atoms with Crippen LogP contribution in [-0.4, -0.2) is 21.7 Å². The number of hydrogen-bond donors (Lipinski definition) is 1. The summed E-state index contributed by atoms with van der Waals surface area (Å²) in [6, 6.07) is 0. The van der Waals surface area contributed by atoms with Gasteiger partial charge in [-0.2, -0.15) is 0 Å². The molecule has 0 fully saturated rings. The minimum atomic E-state index is -0.541. The number of amides is 1. The van der Waals surface area contributed by atoms with Crippen molar-refractivity contribution in [3.63, 3.8) is 0 Å². The monoisotopic (exact) mass is 509 g/mol. The molecule has 0 unspecified atom stereocenters. The van der Waals surface area contributed by atoms with E-state index in [9.17, 15) is 4.79 Å². The van der Waals surface area contributed by atoms with Crippen molar-refractivity contribution in [1.82, 2.24) is 9.97 Å². The maximum Gasteiger partial charge on any atom is 0.413 e. The maximum absolute atomic E-state index is 11.3. The molecule has 0 saturated carbocycles. The Kier molecular flexibility index (Phi) is 8.04. The lowest BCUT2D eigenvalue weighted by atomic mass is 10.2. The van der Waals surface area contributed by atoms with Gasteiger partial charge < -0.3 is 4.74 Å². The smallest absolute Gasteiger partial charge is 0.413 e. The maximum atomic E-state index is 11.3. The molecular weight excluding hydrogens is 501 g/mol. The fraction of sp³-hybridized carbons (Fsp3) is 0.364. The van der Waals surface area contributed by atoms with Crippen LogP contribution in [0.5, 0.6) is 0 Å². The highest BCUT2D eigenvalue weighted by atomic mass is 79.9. The van der Waals surface area contributed by atoms with Crippen LogP contribution in [0.3, 0.4) is 0 Å². The number of carbonyl (C=O) groups is 1. The summed E-state index contributed by atoms with van der Waals surface area (Å²) in [5.74, 6) is 0. The second-order valence-electron chi connectivity index (χ2n) is 4.63. The van der Waals surface area contributed by atoms with Crippen LogP contribution in [0.1, 0.15) is 20.8 Å². The van der Waals surface area contributed by atoms with Crippen molar-refractivity contribution in [2.24, 2.45) is 0 Å². The molecule has 0 aliphatic heterocycles. The van der Waals surface area contributed by atoms with Crippen LogP contribution >= 0.6 is 77.7 Å². The van der Waals surface area contributed by atoms with Gasteiger partial charge in [-0.15, -0.1) is 11.3 Å². The van der Waals surface area contributed by atoms with Crippen molar-refractivity contribution in [3.8, 4) is 0 Å². The predicted molar refractivity (Wildman–Crippen MR) is 99.5 cm³/mol. The Morgan fingerprint density at radius 3 is 2.23 bits per heavy atom. The van der Waals surface area contributed by atoms with Gasteiger partial charge in [-0.05, 0) is 52.6 Å². The van der Waals surface area contributed by atoms with E-state index in [2.05, 4.69) is 47.1 Å². The van der Waals surface area contributed by atoms with Crippen LogP contribution in [0.4, 0.5) is 9.93 Å². The Bertz CT molecular complexity index is 608. The van der Waals surface area contributed by atoms with Crippen molar-refractivity contribution in [2.45, 2.75) is 26.4 Å². The highest BCUT2D eigenvalue weighted by molar-refractivity contribution is 9.10. The number of carbonyl (C=O) groups excluding carboxylic acids is 1. The lowest BCUT2D eigenvalue weighted by Crippen LogP contribution is -2.27. The molecular formula is C11H11Br2Cl2N3O2S2. The van der Waals surface area contributed by atoms with E-state index >= 15 is 0 Å². The van der Waals surface area contributed by atoms with Gasteiger partial charge in [0.05, 0.1) is 5.51 Å². The highest BCUT2D eigenvalue weighted by Crippen LogP contribution is 2.31. The molecule has 1 amide bonds. The summed E-state index contributed by atoms with van der Waals surface area (Å²) in [6.45, 7) is 5.37. The lowest BCUT2D eigenvalue weighted by molar-refractivity contribution is 0.0636. The van der Waals surface area contributed by atoms with E-state index < -0.39 is 11.7 Å². The van der Waals surface area contributed by atoms with Gasteiger partial charge in [-0.25, -0.2) is 14.8 Å². The molecule has 2 heterocycles. The minimum absolute atomic E-state index is 0.404. The molecule has 2 rings (SSSR count). The molecule has 0 bridgehead atoms. The Hall–Kier alpha value is 0.0700. The first-order chi connectivity index (χ1) is 10.1. The lowest BCUT2D eigenvalue weighted by Gasteiger charge is -2.18. The van der Waals surface area contributed by atoms with Crippen molar-refractivity contribution in [2.75, 3.05) is 5.32 Å². The van der Waals surface area contributed by atoms with Crippen molar-refractivity contribution in [3.05, 3.63) is 23.4 Å². The summed E-state index contributed by atoms with van der Waals surface area (Å²) < 4.78 is 7.49. The molecule has 0 spiro atoms. The quantitative estimate of drug-likeness (QED) is 0.477. The minimum Gasteiger partial charge on any atom is -0.444 e. The number of nitrogens with one attached hydrogen (secondary N) is 1. The van der Waals surface area contributed by atoms with E-state index in [1.807, 2.05) is 0 Å². The highest BCUT2D eigenvalue weighted by Gasteiger charge is 2.17. The number of hydrogen-bond acceptors (Lipinski definition) is 6. The molecule has 5 nitrogen and oxygen atoms in total. The van der Waals surface area contributed by atoms with Crippen LogP contribution in [-0.2, 0) is 4.74 Å². The van der Waals surface area contributed by atoms with Gasteiger partial charge in [0, 0.05) is 0 Å². The summed E-state index contributed by atoms with van der Waals surface area (Å²) >= 11 is 20.1. The van der Waals surface area contributed by atoms with E-state index in [1.54, 1.807) is 26.3 Å². The van der Waals surface area contributed by atoms with E-state index in [0.717, 1.165) is 15.9 Å². The standard InChI is InChI=1S/C8H10BrClN2O2S.C3HBrClNS/c1-8(2,3)14-7(13)12-6-11-4(9)5(10)15-6;4-2-3(5)7-1-6-2/h1-3H3,(H,11,12,13);1H. The van der Waals surface area contributed by atoms with E-state index in [-0.39, 0.29) is 0 Å². The molecule has 22 heavy (non-hydrogen) atoms. The van der Waals surface area contributed by atoms with Crippen molar-refractivity contribution < 1.29 is 9.53 Å². The van der Waals surface area contributed by atoms with Crippen molar-refractivity contribution in [1.29, 1.82) is 0 Å². The third kappa shape index (κ3) is 7.56. The Balaban J connectivity index is 0.000000287. The molecule has 0 saturated heterocycles. The van der Waals surface area contributed by atoms with Crippen LogP contribution in [0.2, 0.25) is 8.67 Å². The summed E-state index contributed by atoms with van der Waals surface area (Å²) in [7, 11) is 0. The fourth-order valence-electron chi connectivity index (χ4n) is 0.946. The van der Waals surface area contributed by atoms with Crippen molar-refractivity contribution >= 4 is 89.0 Å². The number of aromatic nitrogens is 2. The average Bonchev–Trinajstić information content (AvgIpc) is 2.85. The zero-order valence-corrected chi connectivity index (χ0v) is 17.9. The molecule has 0 aromatic carbocycles. The van der Waals surface area contributed by atoms with E-state index in [4.69, 9.17) is 27.9 Å². The summed E-state index contributed by atoms with van der Waals surface area (Å²) in [4.78, 5) is 19.1. The molecule has 1 N–H and O–H groups in total. The van der Waals surface area contributed by atoms with Gasteiger partial charge in [0.25, 0.3) is 0 Å². The number of halogens is 4. The van der Waals surface area contributed by atoms with Crippen LogP contribution in [0.25, 0.3) is 0 Å².